The summed E-state index contributed by atoms with van der Waals surface area (Å²) >= 11 is 0. The molecule has 1 aliphatic heterocycles. The average molecular weight is 148 g/mol. The Kier molecular flexibility index (Phi) is 1.67. The lowest BCUT2D eigenvalue weighted by molar-refractivity contribution is 0.405. The zero-order valence-corrected chi connectivity index (χ0v) is 6.53. The van der Waals surface area contributed by atoms with E-state index in [4.69, 9.17) is 5.26 Å². The molecule has 2 unspecified atom stereocenters. The number of nitriles is 1. The molecule has 0 bridgehead atoms. The summed E-state index contributed by atoms with van der Waals surface area (Å²) in [5.41, 5.74) is 0. The Labute approximate surface area is 67.1 Å². The smallest absolute Gasteiger partial charge is 0.0697 e. The minimum Gasteiger partial charge on any atom is -0.294 e. The minimum atomic E-state index is 0.186. The molecule has 58 valence electrons. The van der Waals surface area contributed by atoms with E-state index in [0.29, 0.717) is 6.04 Å². The van der Waals surface area contributed by atoms with E-state index in [1.54, 1.807) is 0 Å². The molecular formula is C9H12N2. The van der Waals surface area contributed by atoms with Crippen molar-refractivity contribution in [1.29, 1.82) is 5.26 Å². The van der Waals surface area contributed by atoms with Crippen molar-refractivity contribution in [2.24, 2.45) is 5.92 Å². The van der Waals surface area contributed by atoms with E-state index in [1.165, 1.54) is 19.5 Å². The first-order chi connectivity index (χ1) is 5.40. The van der Waals surface area contributed by atoms with Gasteiger partial charge in [-0.3, -0.25) is 4.90 Å². The fourth-order valence-electron chi connectivity index (χ4n) is 1.61. The third-order valence-corrected chi connectivity index (χ3v) is 2.46. The molecule has 2 heteroatoms. The zero-order valence-electron chi connectivity index (χ0n) is 6.53. The molecule has 0 N–H and O–H groups in total. The Hall–Kier alpha value is -0.810. The molecule has 0 spiro atoms. The van der Waals surface area contributed by atoms with E-state index < -0.39 is 0 Å². The molecule has 2 nitrogen and oxygen atoms in total. The van der Waals surface area contributed by atoms with Gasteiger partial charge < -0.3 is 0 Å². The number of hydrogen-bond donors (Lipinski definition) is 0. The summed E-state index contributed by atoms with van der Waals surface area (Å²) in [6.45, 7) is 2.51. The second-order valence-corrected chi connectivity index (χ2v) is 3.30. The molecule has 1 heterocycles. The van der Waals surface area contributed by atoms with Crippen molar-refractivity contribution in [2.45, 2.75) is 18.9 Å². The lowest BCUT2D eigenvalue weighted by Gasteiger charge is -2.19. The van der Waals surface area contributed by atoms with Crippen molar-refractivity contribution >= 4 is 0 Å². The van der Waals surface area contributed by atoms with Gasteiger partial charge in [0, 0.05) is 19.1 Å². The predicted octanol–water partition coefficient (Wildman–Crippen LogP) is 1.16. The van der Waals surface area contributed by atoms with E-state index in [2.05, 4.69) is 23.1 Å². The van der Waals surface area contributed by atoms with Crippen LogP contribution in [0.1, 0.15) is 12.8 Å². The third kappa shape index (κ3) is 1.44. The molecule has 0 amide bonds. The Bertz CT molecular complexity index is 210. The van der Waals surface area contributed by atoms with Crippen LogP contribution in [-0.2, 0) is 0 Å². The fraction of sp³-hybridized carbons (Fsp3) is 0.667. The standard InChI is InChI=1S/C9H12N2/c10-7-8-1-3-9(4-2-8)11-5-6-11/h1,3,8-9H,2,4-6H2. The second-order valence-electron chi connectivity index (χ2n) is 3.30. The van der Waals surface area contributed by atoms with Crippen LogP contribution >= 0.6 is 0 Å². The van der Waals surface area contributed by atoms with E-state index >= 15 is 0 Å². The summed E-state index contributed by atoms with van der Waals surface area (Å²) in [4.78, 5) is 2.43. The monoisotopic (exact) mass is 148 g/mol. The summed E-state index contributed by atoms with van der Waals surface area (Å²) in [5.74, 6) is 0.186. The van der Waals surface area contributed by atoms with Crippen LogP contribution in [0.5, 0.6) is 0 Å². The number of nitrogens with zero attached hydrogens (tertiary/aromatic N) is 2. The Morgan fingerprint density at radius 2 is 2.09 bits per heavy atom. The molecule has 0 aromatic heterocycles. The van der Waals surface area contributed by atoms with E-state index in [9.17, 15) is 0 Å². The van der Waals surface area contributed by atoms with Gasteiger partial charge in [-0.2, -0.15) is 5.26 Å². The molecule has 0 radical (unpaired) electrons. The normalized spacial score (nSPS) is 36.6. The summed E-state index contributed by atoms with van der Waals surface area (Å²) in [6.07, 6.45) is 6.49. The van der Waals surface area contributed by atoms with Crippen LogP contribution in [0, 0.1) is 17.2 Å². The number of hydrogen-bond acceptors (Lipinski definition) is 2. The quantitative estimate of drug-likeness (QED) is 0.412. The summed E-state index contributed by atoms with van der Waals surface area (Å²) in [6, 6.07) is 2.93. The molecule has 2 atom stereocenters. The summed E-state index contributed by atoms with van der Waals surface area (Å²) < 4.78 is 0. The van der Waals surface area contributed by atoms with Crippen molar-refractivity contribution in [1.82, 2.24) is 4.90 Å². The van der Waals surface area contributed by atoms with Crippen LogP contribution in [0.4, 0.5) is 0 Å². The molecule has 1 fully saturated rings. The van der Waals surface area contributed by atoms with Gasteiger partial charge in [-0.15, -0.1) is 0 Å². The van der Waals surface area contributed by atoms with Crippen molar-refractivity contribution in [2.75, 3.05) is 13.1 Å². The maximum Gasteiger partial charge on any atom is 0.0697 e. The van der Waals surface area contributed by atoms with Crippen LogP contribution in [0.3, 0.4) is 0 Å². The zero-order chi connectivity index (χ0) is 7.68. The van der Waals surface area contributed by atoms with Gasteiger partial charge in [-0.25, -0.2) is 0 Å². The highest BCUT2D eigenvalue weighted by atomic mass is 15.3. The van der Waals surface area contributed by atoms with Gasteiger partial charge >= 0.3 is 0 Å². The molecular weight excluding hydrogens is 136 g/mol. The van der Waals surface area contributed by atoms with Gasteiger partial charge in [0.05, 0.1) is 12.0 Å². The predicted molar refractivity (Wildman–Crippen MR) is 42.8 cm³/mol. The van der Waals surface area contributed by atoms with Crippen LogP contribution < -0.4 is 0 Å². The van der Waals surface area contributed by atoms with Gasteiger partial charge in [-0.05, 0) is 12.8 Å². The van der Waals surface area contributed by atoms with Crippen molar-refractivity contribution in [3.05, 3.63) is 12.2 Å². The van der Waals surface area contributed by atoms with E-state index in [1.807, 2.05) is 0 Å². The molecule has 2 aliphatic rings. The highest BCUT2D eigenvalue weighted by Gasteiger charge is 2.27. The van der Waals surface area contributed by atoms with Gasteiger partial charge in [0.1, 0.15) is 0 Å². The number of allylic oxidation sites excluding steroid dienone is 1. The second kappa shape index (κ2) is 2.67. The average Bonchev–Trinajstić information content (AvgIpc) is 2.87. The Morgan fingerprint density at radius 3 is 2.55 bits per heavy atom. The van der Waals surface area contributed by atoms with Gasteiger partial charge in [0.2, 0.25) is 0 Å². The van der Waals surface area contributed by atoms with E-state index in [-0.39, 0.29) is 5.92 Å². The van der Waals surface area contributed by atoms with E-state index in [0.717, 1.165) is 6.42 Å². The lowest BCUT2D eigenvalue weighted by Crippen LogP contribution is -2.20. The number of rotatable bonds is 1. The van der Waals surface area contributed by atoms with Crippen LogP contribution in [0.2, 0.25) is 0 Å². The Balaban J connectivity index is 1.95. The molecule has 11 heavy (non-hydrogen) atoms. The molecule has 2 rings (SSSR count). The molecule has 1 saturated heterocycles. The first kappa shape index (κ1) is 6.87. The van der Waals surface area contributed by atoms with Gasteiger partial charge in [0.15, 0.2) is 0 Å². The minimum absolute atomic E-state index is 0.186. The van der Waals surface area contributed by atoms with Crippen LogP contribution in [0.25, 0.3) is 0 Å². The maximum atomic E-state index is 8.62. The first-order valence-electron chi connectivity index (χ1n) is 4.22. The van der Waals surface area contributed by atoms with Gasteiger partial charge in [0.25, 0.3) is 0 Å². The topological polar surface area (TPSA) is 26.8 Å². The first-order valence-corrected chi connectivity index (χ1v) is 4.22. The van der Waals surface area contributed by atoms with Crippen molar-refractivity contribution in [3.8, 4) is 6.07 Å². The molecule has 0 aromatic rings. The molecule has 0 aromatic carbocycles. The molecule has 0 saturated carbocycles. The van der Waals surface area contributed by atoms with Crippen molar-refractivity contribution < 1.29 is 0 Å². The Morgan fingerprint density at radius 1 is 1.27 bits per heavy atom. The van der Waals surface area contributed by atoms with Crippen LogP contribution in [0.15, 0.2) is 12.2 Å². The fourth-order valence-corrected chi connectivity index (χ4v) is 1.61. The SMILES string of the molecule is N#CC1C=CC(N2CC2)CC1. The van der Waals surface area contributed by atoms with Crippen molar-refractivity contribution in [3.63, 3.8) is 0 Å². The largest absolute Gasteiger partial charge is 0.294 e. The van der Waals surface area contributed by atoms with Crippen LogP contribution in [-0.4, -0.2) is 24.0 Å². The lowest BCUT2D eigenvalue weighted by atomic mass is 9.94. The summed E-state index contributed by atoms with van der Waals surface area (Å²) in [7, 11) is 0. The highest BCUT2D eigenvalue weighted by Crippen LogP contribution is 2.24. The van der Waals surface area contributed by atoms with Gasteiger partial charge in [-0.1, -0.05) is 12.2 Å². The highest BCUT2D eigenvalue weighted by molar-refractivity contribution is 5.10. The third-order valence-electron chi connectivity index (χ3n) is 2.46. The maximum absolute atomic E-state index is 8.62. The summed E-state index contributed by atoms with van der Waals surface area (Å²) in [5, 5.41) is 8.62. The molecule has 1 aliphatic carbocycles.